The number of aryl methyl sites for hydroxylation is 2. The van der Waals surface area contributed by atoms with Gasteiger partial charge in [0.2, 0.25) is 0 Å². The van der Waals surface area contributed by atoms with Crippen LogP contribution < -0.4 is 9.80 Å². The highest BCUT2D eigenvalue weighted by Gasteiger charge is 2.32. The van der Waals surface area contributed by atoms with E-state index in [2.05, 4.69) is 106 Å². The molecule has 2 aromatic heterocycles. The van der Waals surface area contributed by atoms with Gasteiger partial charge in [0.05, 0.1) is 33.5 Å². The smallest absolute Gasteiger partial charge is 0.197 e. The fourth-order valence-electron chi connectivity index (χ4n) is 7.68. The van der Waals surface area contributed by atoms with Crippen molar-refractivity contribution in [1.82, 2.24) is 9.97 Å². The summed E-state index contributed by atoms with van der Waals surface area (Å²) in [5, 5.41) is 5.93. The van der Waals surface area contributed by atoms with Crippen LogP contribution in [-0.4, -0.2) is 28.8 Å². The van der Waals surface area contributed by atoms with Crippen molar-refractivity contribution in [2.24, 2.45) is 0 Å². The largest absolute Gasteiger partial charge is 0.363 e. The SMILES string of the molecule is Cc1nc(C#Cc2cccc(C(=O)c3cccc(C#Cc4csc(C)n4)c3N3CCc4ccccc4C3C)c2N2CCc3ccccc3C2C)cs1. The zero-order valence-corrected chi connectivity index (χ0v) is 31.4. The van der Waals surface area contributed by atoms with Crippen molar-refractivity contribution < 1.29 is 4.79 Å². The van der Waals surface area contributed by atoms with E-state index >= 15 is 4.79 Å². The number of anilines is 2. The van der Waals surface area contributed by atoms with E-state index in [1.165, 1.54) is 22.3 Å². The third kappa shape index (κ3) is 6.43. The van der Waals surface area contributed by atoms with Crippen LogP contribution in [0.15, 0.2) is 95.7 Å². The molecule has 0 saturated carbocycles. The highest BCUT2D eigenvalue weighted by Crippen LogP contribution is 2.41. The highest BCUT2D eigenvalue weighted by atomic mass is 32.1. The first-order valence-electron chi connectivity index (χ1n) is 17.7. The van der Waals surface area contributed by atoms with E-state index in [0.717, 1.165) is 69.8 Å². The Labute approximate surface area is 314 Å². The monoisotopic (exact) mass is 714 g/mol. The number of hydrogen-bond acceptors (Lipinski definition) is 7. The second-order valence-electron chi connectivity index (χ2n) is 13.4. The molecular weight excluding hydrogens is 677 g/mol. The number of hydrogen-bond donors (Lipinski definition) is 0. The minimum atomic E-state index is -0.0385. The number of carbonyl (C=O) groups is 1. The van der Waals surface area contributed by atoms with E-state index in [0.29, 0.717) is 11.1 Å². The number of nitrogens with zero attached hydrogens (tertiary/aromatic N) is 4. The third-order valence-corrected chi connectivity index (χ3v) is 11.8. The minimum absolute atomic E-state index is 0.0385. The molecule has 0 amide bonds. The molecule has 5 nitrogen and oxygen atoms in total. The van der Waals surface area contributed by atoms with Crippen LogP contribution in [0.2, 0.25) is 0 Å². The van der Waals surface area contributed by atoms with Crippen LogP contribution in [0.5, 0.6) is 0 Å². The predicted molar refractivity (Wildman–Crippen MR) is 214 cm³/mol. The topological polar surface area (TPSA) is 49.3 Å². The lowest BCUT2D eigenvalue weighted by molar-refractivity contribution is 0.103. The van der Waals surface area contributed by atoms with Crippen molar-refractivity contribution in [2.45, 2.75) is 52.6 Å². The highest BCUT2D eigenvalue weighted by molar-refractivity contribution is 7.09. The molecule has 0 radical (unpaired) electrons. The first-order valence-corrected chi connectivity index (χ1v) is 19.5. The molecule has 0 N–H and O–H groups in total. The van der Waals surface area contributed by atoms with Gasteiger partial charge in [-0.15, -0.1) is 22.7 Å². The Morgan fingerprint density at radius 2 is 1.06 bits per heavy atom. The Morgan fingerprint density at radius 3 is 1.48 bits per heavy atom. The molecule has 0 fully saturated rings. The lowest BCUT2D eigenvalue weighted by Gasteiger charge is -2.39. The van der Waals surface area contributed by atoms with Crippen molar-refractivity contribution in [1.29, 1.82) is 0 Å². The van der Waals surface area contributed by atoms with Gasteiger partial charge in [-0.3, -0.25) is 4.79 Å². The standard InChI is InChI=1S/C45H38N4OS2/c1-29-39-15-7-5-11-33(39)23-25-48(29)43-35(19-21-37-27-51-31(3)46-37)13-9-17-41(43)45(50)42-18-10-14-36(20-22-38-28-52-32(4)47-38)44(42)49-26-24-34-12-6-8-16-40(34)30(49)2/h5-18,27-30H,23-26H2,1-4H3. The van der Waals surface area contributed by atoms with Crippen molar-refractivity contribution in [3.8, 4) is 23.7 Å². The van der Waals surface area contributed by atoms with E-state index in [9.17, 15) is 0 Å². The van der Waals surface area contributed by atoms with Crippen molar-refractivity contribution in [3.05, 3.63) is 162 Å². The van der Waals surface area contributed by atoms with Gasteiger partial charge in [0.25, 0.3) is 0 Å². The van der Waals surface area contributed by atoms with Gasteiger partial charge in [0.15, 0.2) is 5.78 Å². The average molecular weight is 715 g/mol. The van der Waals surface area contributed by atoms with Crippen molar-refractivity contribution >= 4 is 39.8 Å². The van der Waals surface area contributed by atoms with Gasteiger partial charge in [-0.1, -0.05) is 72.5 Å². The van der Waals surface area contributed by atoms with Crippen LogP contribution in [-0.2, 0) is 12.8 Å². The third-order valence-electron chi connectivity index (χ3n) is 10.2. The fourth-order valence-corrected chi connectivity index (χ4v) is 8.77. The van der Waals surface area contributed by atoms with Crippen LogP contribution in [0.4, 0.5) is 11.4 Å². The van der Waals surface area contributed by atoms with E-state index in [1.807, 2.05) is 61.0 Å². The second kappa shape index (κ2) is 14.3. The molecule has 2 aliphatic heterocycles. The molecule has 2 unspecified atom stereocenters. The number of aromatic nitrogens is 2. The van der Waals surface area contributed by atoms with Gasteiger partial charge in [0, 0.05) is 46.1 Å². The summed E-state index contributed by atoms with van der Waals surface area (Å²) in [7, 11) is 0. The van der Waals surface area contributed by atoms with Gasteiger partial charge in [0.1, 0.15) is 11.4 Å². The number of rotatable bonds is 4. The Kier molecular flexibility index (Phi) is 9.24. The van der Waals surface area contributed by atoms with Gasteiger partial charge >= 0.3 is 0 Å². The Balaban J connectivity index is 1.30. The predicted octanol–water partition coefficient (Wildman–Crippen LogP) is 9.49. The molecule has 6 aromatic rings. The minimum Gasteiger partial charge on any atom is -0.363 e. The van der Waals surface area contributed by atoms with Gasteiger partial charge < -0.3 is 9.80 Å². The summed E-state index contributed by atoms with van der Waals surface area (Å²) in [6.45, 7) is 9.99. The van der Waals surface area contributed by atoms with E-state index in [1.54, 1.807) is 22.7 Å². The average Bonchev–Trinajstić information content (AvgIpc) is 3.80. The van der Waals surface area contributed by atoms with Crippen LogP contribution in [0.3, 0.4) is 0 Å². The molecule has 4 aromatic carbocycles. The molecule has 0 saturated heterocycles. The maximum absolute atomic E-state index is 15.4. The second-order valence-corrected chi connectivity index (χ2v) is 15.5. The maximum atomic E-state index is 15.4. The molecule has 256 valence electrons. The number of para-hydroxylation sites is 2. The Hall–Kier alpha value is -5.47. The fraction of sp³-hybridized carbons (Fsp3) is 0.222. The summed E-state index contributed by atoms with van der Waals surface area (Å²) in [4.78, 5) is 29.3. The number of thiazole rings is 2. The van der Waals surface area contributed by atoms with E-state index in [-0.39, 0.29) is 17.9 Å². The van der Waals surface area contributed by atoms with Gasteiger partial charge in [-0.2, -0.15) is 0 Å². The molecule has 7 heteroatoms. The van der Waals surface area contributed by atoms with Crippen molar-refractivity contribution in [2.75, 3.05) is 22.9 Å². The Morgan fingerprint density at radius 1 is 0.615 bits per heavy atom. The zero-order valence-electron chi connectivity index (χ0n) is 29.7. The molecule has 0 aliphatic carbocycles. The molecule has 8 rings (SSSR count). The lowest BCUT2D eigenvalue weighted by Crippen LogP contribution is -2.36. The molecular formula is C45H38N4OS2. The quantitative estimate of drug-likeness (QED) is 0.135. The lowest BCUT2D eigenvalue weighted by atomic mass is 9.88. The molecule has 2 aliphatic rings. The van der Waals surface area contributed by atoms with Crippen molar-refractivity contribution in [3.63, 3.8) is 0 Å². The summed E-state index contributed by atoms with van der Waals surface area (Å²) >= 11 is 3.18. The first kappa shape index (κ1) is 33.7. The summed E-state index contributed by atoms with van der Waals surface area (Å²) in [5.74, 6) is 13.4. The summed E-state index contributed by atoms with van der Waals surface area (Å²) in [5.41, 5.74) is 11.4. The van der Waals surface area contributed by atoms with Crippen LogP contribution in [0.1, 0.15) is 96.6 Å². The number of carbonyl (C=O) groups excluding carboxylic acids is 1. The first-order chi connectivity index (χ1) is 25.4. The molecule has 2 atom stereocenters. The van der Waals surface area contributed by atoms with E-state index < -0.39 is 0 Å². The van der Waals surface area contributed by atoms with Gasteiger partial charge in [-0.25, -0.2) is 9.97 Å². The summed E-state index contributed by atoms with van der Waals surface area (Å²) in [6.07, 6.45) is 1.77. The number of benzene rings is 4. The summed E-state index contributed by atoms with van der Waals surface area (Å²) in [6, 6.07) is 29.3. The maximum Gasteiger partial charge on any atom is 0.197 e. The zero-order chi connectivity index (χ0) is 35.8. The normalized spacial score (nSPS) is 16.2. The van der Waals surface area contributed by atoms with Gasteiger partial charge in [-0.05, 0) is 98.9 Å². The molecule has 0 bridgehead atoms. The molecule has 4 heterocycles. The summed E-state index contributed by atoms with van der Waals surface area (Å²) < 4.78 is 0. The number of fused-ring (bicyclic) bond motifs is 2. The molecule has 0 spiro atoms. The van der Waals surface area contributed by atoms with Crippen LogP contribution in [0, 0.1) is 37.5 Å². The Bertz CT molecular complexity index is 2280. The van der Waals surface area contributed by atoms with Crippen LogP contribution >= 0.6 is 22.7 Å². The molecule has 52 heavy (non-hydrogen) atoms. The number of ketones is 1. The van der Waals surface area contributed by atoms with Crippen LogP contribution in [0.25, 0.3) is 0 Å². The van der Waals surface area contributed by atoms with E-state index in [4.69, 9.17) is 0 Å².